The van der Waals surface area contributed by atoms with E-state index in [1.165, 1.54) is 19.3 Å². The van der Waals surface area contributed by atoms with Gasteiger partial charge in [0.15, 0.2) is 5.96 Å². The number of nitrogens with zero attached hydrogens (tertiary/aromatic N) is 3. The number of hydrogen-bond acceptors (Lipinski definition) is 3. The quantitative estimate of drug-likeness (QED) is 0.546. The average molecular weight is 440 g/mol. The molecule has 2 heterocycles. The zero-order valence-electron chi connectivity index (χ0n) is 19.3. The van der Waals surface area contributed by atoms with Crippen LogP contribution in [0.4, 0.5) is 0 Å². The molecule has 2 saturated heterocycles. The molecule has 2 amide bonds. The average Bonchev–Trinajstić information content (AvgIpc) is 3.54. The molecule has 2 aliphatic heterocycles. The Hall–Kier alpha value is -2.57. The monoisotopic (exact) mass is 439 g/mol. The van der Waals surface area contributed by atoms with Crippen LogP contribution in [-0.4, -0.2) is 66.8 Å². The fourth-order valence-electron chi connectivity index (χ4n) is 5.18. The van der Waals surface area contributed by atoms with Crippen LogP contribution in [0, 0.1) is 5.92 Å². The van der Waals surface area contributed by atoms with Gasteiger partial charge in [-0.3, -0.25) is 14.6 Å². The maximum atomic E-state index is 12.8. The zero-order chi connectivity index (χ0) is 22.3. The van der Waals surface area contributed by atoms with E-state index in [9.17, 15) is 9.59 Å². The lowest BCUT2D eigenvalue weighted by Gasteiger charge is -2.26. The van der Waals surface area contributed by atoms with E-state index in [-0.39, 0.29) is 17.9 Å². The van der Waals surface area contributed by atoms with Crippen LogP contribution < -0.4 is 10.6 Å². The molecule has 4 rings (SSSR count). The molecule has 3 fully saturated rings. The normalized spacial score (nSPS) is 22.3. The Morgan fingerprint density at radius 2 is 1.78 bits per heavy atom. The largest absolute Gasteiger partial charge is 0.352 e. The summed E-state index contributed by atoms with van der Waals surface area (Å²) >= 11 is 0. The van der Waals surface area contributed by atoms with Crippen molar-refractivity contribution < 1.29 is 9.59 Å². The first-order valence-electron chi connectivity index (χ1n) is 12.3. The SMILES string of the molecule is CN=C(NCc1cccc(C(=O)N2CCCCC2)c1)NC1CCN(C(=O)C2CCCC2)C1. The number of likely N-dealkylation sites (tertiary alicyclic amines) is 2. The van der Waals surface area contributed by atoms with Crippen LogP contribution in [-0.2, 0) is 11.3 Å². The van der Waals surface area contributed by atoms with Gasteiger partial charge < -0.3 is 20.4 Å². The Morgan fingerprint density at radius 3 is 2.53 bits per heavy atom. The first-order chi connectivity index (χ1) is 15.6. The number of amides is 2. The van der Waals surface area contributed by atoms with Gasteiger partial charge in [-0.05, 0) is 56.2 Å². The van der Waals surface area contributed by atoms with Crippen LogP contribution >= 0.6 is 0 Å². The number of rotatable bonds is 5. The molecule has 1 unspecified atom stereocenters. The van der Waals surface area contributed by atoms with Crippen LogP contribution in [0.3, 0.4) is 0 Å². The number of aliphatic imine (C=N–C) groups is 1. The van der Waals surface area contributed by atoms with Crippen molar-refractivity contribution in [3.8, 4) is 0 Å². The maximum Gasteiger partial charge on any atom is 0.253 e. The third-order valence-corrected chi connectivity index (χ3v) is 7.05. The predicted octanol–water partition coefficient (Wildman–Crippen LogP) is 2.77. The minimum Gasteiger partial charge on any atom is -0.352 e. The minimum absolute atomic E-state index is 0.132. The topological polar surface area (TPSA) is 77.0 Å². The number of nitrogens with one attached hydrogen (secondary N) is 2. The lowest BCUT2D eigenvalue weighted by molar-refractivity contribution is -0.134. The first-order valence-corrected chi connectivity index (χ1v) is 12.3. The van der Waals surface area contributed by atoms with Crippen LogP contribution in [0.25, 0.3) is 0 Å². The molecular formula is C25H37N5O2. The van der Waals surface area contributed by atoms with E-state index in [0.29, 0.717) is 12.5 Å². The molecule has 2 N–H and O–H groups in total. The van der Waals surface area contributed by atoms with Crippen molar-refractivity contribution in [1.29, 1.82) is 0 Å². The number of guanidine groups is 1. The molecule has 1 saturated carbocycles. The van der Waals surface area contributed by atoms with Crippen LogP contribution in [0.2, 0.25) is 0 Å². The van der Waals surface area contributed by atoms with E-state index in [2.05, 4.69) is 15.6 Å². The van der Waals surface area contributed by atoms with Crippen molar-refractivity contribution >= 4 is 17.8 Å². The Bertz CT molecular complexity index is 827. The van der Waals surface area contributed by atoms with E-state index in [4.69, 9.17) is 0 Å². The van der Waals surface area contributed by atoms with Crippen LogP contribution in [0.1, 0.15) is 67.3 Å². The third-order valence-electron chi connectivity index (χ3n) is 7.05. The van der Waals surface area contributed by atoms with E-state index >= 15 is 0 Å². The van der Waals surface area contributed by atoms with Crippen molar-refractivity contribution in [2.45, 2.75) is 64.0 Å². The summed E-state index contributed by atoms with van der Waals surface area (Å²) in [6.45, 7) is 3.89. The van der Waals surface area contributed by atoms with Gasteiger partial charge in [-0.2, -0.15) is 0 Å². The van der Waals surface area contributed by atoms with Gasteiger partial charge >= 0.3 is 0 Å². The molecule has 7 nitrogen and oxygen atoms in total. The predicted molar refractivity (Wildman–Crippen MR) is 126 cm³/mol. The smallest absolute Gasteiger partial charge is 0.253 e. The number of hydrogen-bond donors (Lipinski definition) is 2. The first kappa shape index (κ1) is 22.6. The lowest BCUT2D eigenvalue weighted by atomic mass is 10.1. The number of carbonyl (C=O) groups excluding carboxylic acids is 2. The van der Waals surface area contributed by atoms with Crippen molar-refractivity contribution in [2.24, 2.45) is 10.9 Å². The molecule has 1 atom stereocenters. The molecule has 32 heavy (non-hydrogen) atoms. The molecule has 1 aromatic carbocycles. The summed E-state index contributed by atoms with van der Waals surface area (Å²) in [5, 5.41) is 6.84. The van der Waals surface area contributed by atoms with Crippen molar-refractivity contribution in [3.05, 3.63) is 35.4 Å². The van der Waals surface area contributed by atoms with Crippen molar-refractivity contribution in [3.63, 3.8) is 0 Å². The standard InChI is InChI=1S/C25H37N5O2/c1-26-25(28-22-12-15-30(18-22)23(31)20-9-3-4-10-20)27-17-19-8-7-11-21(16-19)24(32)29-13-5-2-6-14-29/h7-8,11,16,20,22H,2-6,9-10,12-15,17-18H2,1H3,(H2,26,27,28). The molecule has 0 bridgehead atoms. The highest BCUT2D eigenvalue weighted by Gasteiger charge is 2.32. The summed E-state index contributed by atoms with van der Waals surface area (Å²) in [6, 6.07) is 8.09. The maximum absolute atomic E-state index is 12.8. The van der Waals surface area contributed by atoms with Gasteiger partial charge in [0.25, 0.3) is 5.91 Å². The second kappa shape index (κ2) is 10.8. The fraction of sp³-hybridized carbons (Fsp3) is 0.640. The molecule has 0 aromatic heterocycles. The van der Waals surface area contributed by atoms with E-state index < -0.39 is 0 Å². The third kappa shape index (κ3) is 5.61. The van der Waals surface area contributed by atoms with Crippen LogP contribution in [0.5, 0.6) is 0 Å². The molecule has 1 aromatic rings. The summed E-state index contributed by atoms with van der Waals surface area (Å²) < 4.78 is 0. The summed E-state index contributed by atoms with van der Waals surface area (Å²) in [6.07, 6.45) is 8.83. The van der Waals surface area contributed by atoms with Gasteiger partial charge in [-0.25, -0.2) is 0 Å². The highest BCUT2D eigenvalue weighted by Crippen LogP contribution is 2.27. The second-order valence-electron chi connectivity index (χ2n) is 9.37. The van der Waals surface area contributed by atoms with E-state index in [0.717, 1.165) is 75.4 Å². The van der Waals surface area contributed by atoms with Crippen molar-refractivity contribution in [2.75, 3.05) is 33.2 Å². The van der Waals surface area contributed by atoms with Gasteiger partial charge in [0.05, 0.1) is 0 Å². The summed E-state index contributed by atoms with van der Waals surface area (Å²) in [4.78, 5) is 33.8. The summed E-state index contributed by atoms with van der Waals surface area (Å²) in [5.74, 6) is 1.45. The highest BCUT2D eigenvalue weighted by atomic mass is 16.2. The molecule has 0 spiro atoms. The molecule has 174 valence electrons. The second-order valence-corrected chi connectivity index (χ2v) is 9.37. The van der Waals surface area contributed by atoms with Gasteiger partial charge in [-0.15, -0.1) is 0 Å². The minimum atomic E-state index is 0.132. The van der Waals surface area contributed by atoms with Gasteiger partial charge in [0.1, 0.15) is 0 Å². The number of benzene rings is 1. The Labute approximate surface area is 191 Å². The van der Waals surface area contributed by atoms with Gasteiger partial charge in [-0.1, -0.05) is 25.0 Å². The van der Waals surface area contributed by atoms with Gasteiger partial charge in [0, 0.05) is 57.3 Å². The van der Waals surface area contributed by atoms with E-state index in [1.807, 2.05) is 34.1 Å². The fourth-order valence-corrected chi connectivity index (χ4v) is 5.18. The number of carbonyl (C=O) groups is 2. The van der Waals surface area contributed by atoms with Gasteiger partial charge in [0.2, 0.25) is 5.91 Å². The molecule has 3 aliphatic rings. The zero-order valence-corrected chi connectivity index (χ0v) is 19.3. The summed E-state index contributed by atoms with van der Waals surface area (Å²) in [5.41, 5.74) is 1.81. The Morgan fingerprint density at radius 1 is 1.00 bits per heavy atom. The Kier molecular flexibility index (Phi) is 7.66. The van der Waals surface area contributed by atoms with Crippen molar-refractivity contribution in [1.82, 2.24) is 20.4 Å². The Balaban J connectivity index is 1.26. The molecule has 0 radical (unpaired) electrons. The molecular weight excluding hydrogens is 402 g/mol. The lowest BCUT2D eigenvalue weighted by Crippen LogP contribution is -2.45. The number of piperidine rings is 1. The molecule has 1 aliphatic carbocycles. The summed E-state index contributed by atoms with van der Waals surface area (Å²) in [7, 11) is 1.77. The highest BCUT2D eigenvalue weighted by molar-refractivity contribution is 5.94. The van der Waals surface area contributed by atoms with Crippen LogP contribution in [0.15, 0.2) is 29.3 Å². The van der Waals surface area contributed by atoms with E-state index in [1.54, 1.807) is 7.05 Å². The molecule has 7 heteroatoms.